The summed E-state index contributed by atoms with van der Waals surface area (Å²) in [5.41, 5.74) is 1.76. The van der Waals surface area contributed by atoms with Crippen molar-refractivity contribution < 1.29 is 52.6 Å². The van der Waals surface area contributed by atoms with Crippen molar-refractivity contribution in [2.45, 2.75) is 31.6 Å². The fraction of sp³-hybridized carbons (Fsp3) is 0.382. The minimum atomic E-state index is -1.08. The molecule has 252 valence electrons. The van der Waals surface area contributed by atoms with E-state index in [1.165, 1.54) is 33.3 Å². The van der Waals surface area contributed by atoms with E-state index in [0.29, 0.717) is 47.8 Å². The highest BCUT2D eigenvalue weighted by Crippen LogP contribution is 2.28. The van der Waals surface area contributed by atoms with E-state index in [9.17, 15) is 19.5 Å². The number of carbonyl (C=O) groups excluding carboxylic acids is 2. The number of ether oxygens (including phenoxy) is 7. The molecule has 0 bridgehead atoms. The Morgan fingerprint density at radius 1 is 0.830 bits per heavy atom. The van der Waals surface area contributed by atoms with Gasteiger partial charge in [0.25, 0.3) is 5.91 Å². The summed E-state index contributed by atoms with van der Waals surface area (Å²) in [6, 6.07) is 16.1. The predicted molar refractivity (Wildman–Crippen MR) is 170 cm³/mol. The number of nitrogens with zero attached hydrogens (tertiary/aromatic N) is 1. The quantitative estimate of drug-likeness (QED) is 0.178. The average Bonchev–Trinajstić information content (AvgIpc) is 3.30. The van der Waals surface area contributed by atoms with Crippen LogP contribution >= 0.6 is 0 Å². The zero-order valence-electron chi connectivity index (χ0n) is 26.9. The van der Waals surface area contributed by atoms with Crippen LogP contribution in [0.2, 0.25) is 0 Å². The van der Waals surface area contributed by atoms with Crippen LogP contribution in [0.3, 0.4) is 0 Å². The maximum atomic E-state index is 13.5. The van der Waals surface area contributed by atoms with Gasteiger partial charge in [-0.3, -0.25) is 9.59 Å². The molecule has 2 amide bonds. The molecule has 1 heterocycles. The number of amides is 2. The molecule has 0 aliphatic carbocycles. The van der Waals surface area contributed by atoms with Gasteiger partial charge in [-0.1, -0.05) is 24.3 Å². The van der Waals surface area contributed by atoms with Gasteiger partial charge in [0.05, 0.1) is 44.1 Å². The van der Waals surface area contributed by atoms with Gasteiger partial charge in [-0.2, -0.15) is 0 Å². The Morgan fingerprint density at radius 3 is 2.00 bits per heavy atom. The third kappa shape index (κ3) is 9.35. The minimum Gasteiger partial charge on any atom is -0.497 e. The number of hydrogen-bond donors (Lipinski definition) is 2. The van der Waals surface area contributed by atoms with Crippen LogP contribution in [0.4, 0.5) is 4.79 Å². The van der Waals surface area contributed by atoms with Crippen LogP contribution in [0.15, 0.2) is 60.7 Å². The number of carboxylic acid groups (broad SMARTS) is 1. The molecule has 1 aliphatic rings. The molecule has 3 aromatic rings. The van der Waals surface area contributed by atoms with Gasteiger partial charge in [-0.15, -0.1) is 0 Å². The topological polar surface area (TPSA) is 151 Å². The third-order valence-corrected chi connectivity index (χ3v) is 7.58. The van der Waals surface area contributed by atoms with Crippen molar-refractivity contribution in [3.8, 4) is 23.0 Å². The van der Waals surface area contributed by atoms with E-state index in [2.05, 4.69) is 5.32 Å². The minimum absolute atomic E-state index is 0.0158. The largest absolute Gasteiger partial charge is 0.497 e. The van der Waals surface area contributed by atoms with Crippen LogP contribution < -0.4 is 24.3 Å². The van der Waals surface area contributed by atoms with E-state index in [0.717, 1.165) is 5.56 Å². The lowest BCUT2D eigenvalue weighted by molar-refractivity contribution is 0.0105. The number of likely N-dealkylation sites (tertiary alicyclic amines) is 1. The van der Waals surface area contributed by atoms with Gasteiger partial charge in [0, 0.05) is 32.9 Å². The molecule has 0 radical (unpaired) electrons. The molecular weight excluding hydrogens is 612 g/mol. The molecule has 2 N–H and O–H groups in total. The second kappa shape index (κ2) is 17.2. The Morgan fingerprint density at radius 2 is 1.43 bits per heavy atom. The van der Waals surface area contributed by atoms with Crippen LogP contribution in [-0.4, -0.2) is 95.1 Å². The van der Waals surface area contributed by atoms with Gasteiger partial charge in [0.2, 0.25) is 0 Å². The molecule has 13 heteroatoms. The van der Waals surface area contributed by atoms with Gasteiger partial charge >= 0.3 is 6.09 Å². The summed E-state index contributed by atoms with van der Waals surface area (Å²) in [5, 5.41) is 12.7. The Bertz CT molecular complexity index is 1510. The van der Waals surface area contributed by atoms with Gasteiger partial charge in [0.15, 0.2) is 19.4 Å². The average molecular weight is 653 g/mol. The molecule has 0 aromatic heterocycles. The maximum Gasteiger partial charge on any atom is 0.407 e. The fourth-order valence-corrected chi connectivity index (χ4v) is 5.12. The molecule has 1 fully saturated rings. The molecular formula is C34H40N2O11. The highest BCUT2D eigenvalue weighted by Gasteiger charge is 2.32. The molecule has 0 spiro atoms. The van der Waals surface area contributed by atoms with Gasteiger partial charge in [0.1, 0.15) is 23.0 Å². The lowest BCUT2D eigenvalue weighted by Gasteiger charge is -2.28. The monoisotopic (exact) mass is 652 g/mol. The number of benzene rings is 3. The normalized spacial score (nSPS) is 16.1. The smallest absolute Gasteiger partial charge is 0.407 e. The second-order valence-electron chi connectivity index (χ2n) is 10.7. The summed E-state index contributed by atoms with van der Waals surface area (Å²) < 4.78 is 38.0. The van der Waals surface area contributed by atoms with Crippen LogP contribution in [0.5, 0.6) is 23.0 Å². The van der Waals surface area contributed by atoms with Crippen molar-refractivity contribution in [2.24, 2.45) is 0 Å². The van der Waals surface area contributed by atoms with Crippen molar-refractivity contribution in [1.82, 2.24) is 10.2 Å². The standard InChI is InChI=1S/C34H40N2O11/c1-41-20-46-29-13-11-24(43-3)16-26(29)32(37)23-9-7-22(8-10-23)19-45-31-6-5-15-36(34(39)40)18-28(31)35-33(38)27-17-25(44-4)12-14-30(27)47-21-42-2/h7-14,16-17,28,31H,5-6,15,18-21H2,1-4H3,(H,35,38)(H,39,40)/t28-,31-/m1/s1. The number of rotatable bonds is 15. The molecule has 13 nitrogen and oxygen atoms in total. The van der Waals surface area contributed by atoms with Gasteiger partial charge < -0.3 is 48.5 Å². The molecule has 1 saturated heterocycles. The van der Waals surface area contributed by atoms with E-state index in [1.54, 1.807) is 60.7 Å². The van der Waals surface area contributed by atoms with Crippen LogP contribution in [0.1, 0.15) is 44.7 Å². The van der Waals surface area contributed by atoms with Crippen LogP contribution in [-0.2, 0) is 20.8 Å². The summed E-state index contributed by atoms with van der Waals surface area (Å²) in [6.45, 7) is 0.423. The Kier molecular flexibility index (Phi) is 12.8. The van der Waals surface area contributed by atoms with Crippen LogP contribution in [0.25, 0.3) is 0 Å². The first-order valence-electron chi connectivity index (χ1n) is 14.9. The first-order valence-corrected chi connectivity index (χ1v) is 14.9. The molecule has 1 aliphatic heterocycles. The third-order valence-electron chi connectivity index (χ3n) is 7.58. The van der Waals surface area contributed by atoms with Crippen molar-refractivity contribution in [3.63, 3.8) is 0 Å². The molecule has 47 heavy (non-hydrogen) atoms. The molecule has 2 atom stereocenters. The first kappa shape index (κ1) is 35.0. The number of ketones is 1. The Hall–Kier alpha value is -4.85. The zero-order chi connectivity index (χ0) is 33.8. The summed E-state index contributed by atoms with van der Waals surface area (Å²) in [4.78, 5) is 40.1. The van der Waals surface area contributed by atoms with E-state index >= 15 is 0 Å². The molecule has 0 saturated carbocycles. The van der Waals surface area contributed by atoms with Crippen LogP contribution in [0, 0.1) is 0 Å². The highest BCUT2D eigenvalue weighted by atomic mass is 16.7. The SMILES string of the molecule is COCOc1ccc(OC)cc1C(=O)N[C@@H]1CN(C(=O)O)CCC[C@H]1OCc1ccc(C(=O)c2cc(OC)ccc2OCOC)cc1. The van der Waals surface area contributed by atoms with E-state index < -0.39 is 24.1 Å². The summed E-state index contributed by atoms with van der Waals surface area (Å²) in [7, 11) is 5.97. The van der Waals surface area contributed by atoms with E-state index in [4.69, 9.17) is 33.2 Å². The van der Waals surface area contributed by atoms with Gasteiger partial charge in [-0.25, -0.2) is 4.79 Å². The van der Waals surface area contributed by atoms with E-state index in [1.807, 2.05) is 0 Å². The van der Waals surface area contributed by atoms with Crippen molar-refractivity contribution in [3.05, 3.63) is 82.9 Å². The molecule has 4 rings (SSSR count). The summed E-state index contributed by atoms with van der Waals surface area (Å²) in [5.74, 6) is 0.886. The van der Waals surface area contributed by atoms with E-state index in [-0.39, 0.29) is 43.8 Å². The first-order chi connectivity index (χ1) is 22.8. The number of carbonyl (C=O) groups is 3. The second-order valence-corrected chi connectivity index (χ2v) is 10.7. The maximum absolute atomic E-state index is 13.5. The van der Waals surface area contributed by atoms with Crippen molar-refractivity contribution in [2.75, 3.05) is 55.1 Å². The van der Waals surface area contributed by atoms with Crippen molar-refractivity contribution in [1.29, 1.82) is 0 Å². The van der Waals surface area contributed by atoms with Gasteiger partial charge in [-0.05, 0) is 54.8 Å². The predicted octanol–water partition coefficient (Wildman–Crippen LogP) is 4.36. The summed E-state index contributed by atoms with van der Waals surface area (Å²) in [6.07, 6.45) is -0.527. The highest BCUT2D eigenvalue weighted by molar-refractivity contribution is 6.11. The Balaban J connectivity index is 1.49. The fourth-order valence-electron chi connectivity index (χ4n) is 5.12. The lowest BCUT2D eigenvalue weighted by atomic mass is 10.0. The van der Waals surface area contributed by atoms with Crippen molar-refractivity contribution >= 4 is 17.8 Å². The lowest BCUT2D eigenvalue weighted by Crippen LogP contribution is -2.50. The number of hydrogen-bond acceptors (Lipinski definition) is 10. The Labute approximate surface area is 273 Å². The number of methoxy groups -OCH3 is 4. The summed E-state index contributed by atoms with van der Waals surface area (Å²) >= 11 is 0. The zero-order valence-corrected chi connectivity index (χ0v) is 26.9. The number of nitrogens with one attached hydrogen (secondary N) is 1. The molecule has 0 unspecified atom stereocenters. The molecule has 3 aromatic carbocycles.